The van der Waals surface area contributed by atoms with Crippen LogP contribution in [0, 0.1) is 5.92 Å². The Morgan fingerprint density at radius 3 is 2.81 bits per heavy atom. The van der Waals surface area contributed by atoms with E-state index in [1.54, 1.807) is 7.11 Å². The van der Waals surface area contributed by atoms with Gasteiger partial charge in [-0.1, -0.05) is 0 Å². The largest absolute Gasteiger partial charge is 0.382 e. The first-order chi connectivity index (χ1) is 7.83. The molecular weight excluding hydrogens is 226 g/mol. The van der Waals surface area contributed by atoms with E-state index in [4.69, 9.17) is 21.1 Å². The number of nitrogens with one attached hydrogen (secondary N) is 1. The molecular formula is C12H24ClNO2. The first kappa shape index (κ1) is 14.2. The van der Waals surface area contributed by atoms with Crippen LogP contribution in [0.4, 0.5) is 0 Å². The van der Waals surface area contributed by atoms with E-state index in [9.17, 15) is 0 Å². The highest BCUT2D eigenvalue weighted by atomic mass is 35.5. The van der Waals surface area contributed by atoms with Crippen LogP contribution in [0.5, 0.6) is 0 Å². The number of methoxy groups -OCH3 is 1. The van der Waals surface area contributed by atoms with Crippen LogP contribution in [0.3, 0.4) is 0 Å². The van der Waals surface area contributed by atoms with Crippen molar-refractivity contribution < 1.29 is 9.47 Å². The lowest BCUT2D eigenvalue weighted by Gasteiger charge is -2.10. The Labute approximate surface area is 104 Å². The van der Waals surface area contributed by atoms with Crippen molar-refractivity contribution in [1.82, 2.24) is 5.32 Å². The van der Waals surface area contributed by atoms with E-state index in [0.29, 0.717) is 18.6 Å². The average Bonchev–Trinajstić information content (AvgIpc) is 2.68. The molecule has 0 aromatic rings. The first-order valence-corrected chi connectivity index (χ1v) is 6.68. The lowest BCUT2D eigenvalue weighted by atomic mass is 10.1. The summed E-state index contributed by atoms with van der Waals surface area (Å²) in [7, 11) is 1.69. The molecule has 1 aliphatic rings. The molecule has 4 heteroatoms. The van der Waals surface area contributed by atoms with E-state index in [-0.39, 0.29) is 0 Å². The molecule has 1 N–H and O–H groups in total. The van der Waals surface area contributed by atoms with Gasteiger partial charge in [-0.2, -0.15) is 0 Å². The lowest BCUT2D eigenvalue weighted by molar-refractivity contribution is 0.0694. The highest BCUT2D eigenvalue weighted by Gasteiger charge is 2.21. The Morgan fingerprint density at radius 2 is 2.12 bits per heavy atom. The standard InChI is InChI=1S/C12H24ClNO2/c1-15-7-8-16-6-2-5-14-10-11-3-4-12(13)9-11/h11-12,14H,2-10H2,1H3. The fourth-order valence-electron chi connectivity index (χ4n) is 2.05. The Bertz CT molecular complexity index is 169. The first-order valence-electron chi connectivity index (χ1n) is 6.24. The average molecular weight is 250 g/mol. The summed E-state index contributed by atoms with van der Waals surface area (Å²) in [5, 5.41) is 3.89. The van der Waals surface area contributed by atoms with Gasteiger partial charge in [0.1, 0.15) is 0 Å². The van der Waals surface area contributed by atoms with Crippen molar-refractivity contribution in [2.45, 2.75) is 31.1 Å². The molecule has 3 nitrogen and oxygen atoms in total. The number of ether oxygens (including phenoxy) is 2. The third-order valence-electron chi connectivity index (χ3n) is 2.98. The van der Waals surface area contributed by atoms with E-state index >= 15 is 0 Å². The van der Waals surface area contributed by atoms with E-state index in [1.165, 1.54) is 19.3 Å². The summed E-state index contributed by atoms with van der Waals surface area (Å²) < 4.78 is 10.3. The van der Waals surface area contributed by atoms with Gasteiger partial charge in [0.25, 0.3) is 0 Å². The lowest BCUT2D eigenvalue weighted by Crippen LogP contribution is -2.23. The van der Waals surface area contributed by atoms with Crippen LogP contribution in [0.2, 0.25) is 0 Å². The summed E-state index contributed by atoms with van der Waals surface area (Å²) in [6, 6.07) is 0. The number of rotatable bonds is 9. The Kier molecular flexibility index (Phi) is 8.21. The van der Waals surface area contributed by atoms with Gasteiger partial charge in [-0.25, -0.2) is 0 Å². The van der Waals surface area contributed by atoms with Crippen molar-refractivity contribution in [2.24, 2.45) is 5.92 Å². The second kappa shape index (κ2) is 9.23. The second-order valence-corrected chi connectivity index (χ2v) is 5.06. The Hall–Kier alpha value is 0.170. The maximum atomic E-state index is 6.06. The molecule has 96 valence electrons. The minimum absolute atomic E-state index is 0.421. The fraction of sp³-hybridized carbons (Fsp3) is 1.00. The summed E-state index contributed by atoms with van der Waals surface area (Å²) in [6.07, 6.45) is 4.72. The van der Waals surface area contributed by atoms with Crippen molar-refractivity contribution in [3.63, 3.8) is 0 Å². The quantitative estimate of drug-likeness (QED) is 0.501. The van der Waals surface area contributed by atoms with Gasteiger partial charge in [-0.3, -0.25) is 0 Å². The van der Waals surface area contributed by atoms with Gasteiger partial charge >= 0.3 is 0 Å². The molecule has 0 aromatic heterocycles. The van der Waals surface area contributed by atoms with E-state index in [2.05, 4.69) is 5.32 Å². The predicted octanol–water partition coefficient (Wildman–Crippen LogP) is 2.04. The van der Waals surface area contributed by atoms with Gasteiger partial charge in [0, 0.05) is 19.1 Å². The Morgan fingerprint density at radius 1 is 1.25 bits per heavy atom. The summed E-state index contributed by atoms with van der Waals surface area (Å²) >= 11 is 6.06. The van der Waals surface area contributed by atoms with Crippen molar-refractivity contribution >= 4 is 11.6 Å². The molecule has 2 atom stereocenters. The molecule has 2 unspecified atom stereocenters. The smallest absolute Gasteiger partial charge is 0.0700 e. The topological polar surface area (TPSA) is 30.5 Å². The normalized spacial score (nSPS) is 25.1. The zero-order valence-corrected chi connectivity index (χ0v) is 11.0. The zero-order valence-electron chi connectivity index (χ0n) is 10.2. The van der Waals surface area contributed by atoms with Gasteiger partial charge in [0.15, 0.2) is 0 Å². The maximum absolute atomic E-state index is 6.06. The zero-order chi connectivity index (χ0) is 11.6. The van der Waals surface area contributed by atoms with Crippen LogP contribution in [0.1, 0.15) is 25.7 Å². The van der Waals surface area contributed by atoms with Crippen LogP contribution in [-0.2, 0) is 9.47 Å². The minimum atomic E-state index is 0.421. The summed E-state index contributed by atoms with van der Waals surface area (Å²) in [5.74, 6) is 0.789. The molecule has 0 aromatic carbocycles. The molecule has 1 saturated carbocycles. The molecule has 1 aliphatic carbocycles. The summed E-state index contributed by atoms with van der Waals surface area (Å²) in [5.41, 5.74) is 0. The molecule has 1 fully saturated rings. The van der Waals surface area contributed by atoms with Crippen LogP contribution in [-0.4, -0.2) is 45.4 Å². The highest BCUT2D eigenvalue weighted by Crippen LogP contribution is 2.28. The minimum Gasteiger partial charge on any atom is -0.382 e. The molecule has 0 spiro atoms. The molecule has 0 radical (unpaired) electrons. The summed E-state index contributed by atoms with van der Waals surface area (Å²) in [6.45, 7) is 4.36. The van der Waals surface area contributed by atoms with E-state index in [0.717, 1.165) is 32.0 Å². The number of halogens is 1. The number of hydrogen-bond donors (Lipinski definition) is 1. The van der Waals surface area contributed by atoms with Gasteiger partial charge in [-0.05, 0) is 44.7 Å². The van der Waals surface area contributed by atoms with E-state index in [1.807, 2.05) is 0 Å². The van der Waals surface area contributed by atoms with Gasteiger partial charge in [0.2, 0.25) is 0 Å². The number of hydrogen-bond acceptors (Lipinski definition) is 3. The monoisotopic (exact) mass is 249 g/mol. The third-order valence-corrected chi connectivity index (χ3v) is 3.38. The number of alkyl halides is 1. The van der Waals surface area contributed by atoms with E-state index < -0.39 is 0 Å². The van der Waals surface area contributed by atoms with Crippen LogP contribution < -0.4 is 5.32 Å². The fourth-order valence-corrected chi connectivity index (χ4v) is 2.43. The van der Waals surface area contributed by atoms with Crippen LogP contribution >= 0.6 is 11.6 Å². The predicted molar refractivity (Wildman–Crippen MR) is 67.2 cm³/mol. The third kappa shape index (κ3) is 6.69. The molecule has 0 saturated heterocycles. The second-order valence-electron chi connectivity index (χ2n) is 4.44. The van der Waals surface area contributed by atoms with Gasteiger partial charge in [-0.15, -0.1) is 11.6 Å². The van der Waals surface area contributed by atoms with Crippen molar-refractivity contribution in [3.8, 4) is 0 Å². The SMILES string of the molecule is COCCOCCCNCC1CCC(Cl)C1. The summed E-state index contributed by atoms with van der Waals surface area (Å²) in [4.78, 5) is 0. The highest BCUT2D eigenvalue weighted by molar-refractivity contribution is 6.20. The van der Waals surface area contributed by atoms with Gasteiger partial charge in [0.05, 0.1) is 13.2 Å². The molecule has 1 rings (SSSR count). The van der Waals surface area contributed by atoms with Gasteiger partial charge < -0.3 is 14.8 Å². The van der Waals surface area contributed by atoms with Crippen molar-refractivity contribution in [1.29, 1.82) is 0 Å². The molecule has 0 aliphatic heterocycles. The Balaban J connectivity index is 1.78. The maximum Gasteiger partial charge on any atom is 0.0700 e. The molecule has 0 bridgehead atoms. The molecule has 0 amide bonds. The van der Waals surface area contributed by atoms with Crippen LogP contribution in [0.15, 0.2) is 0 Å². The van der Waals surface area contributed by atoms with Crippen molar-refractivity contribution in [2.75, 3.05) is 40.0 Å². The molecule has 0 heterocycles. The van der Waals surface area contributed by atoms with Crippen LogP contribution in [0.25, 0.3) is 0 Å². The molecule has 16 heavy (non-hydrogen) atoms. The van der Waals surface area contributed by atoms with Crippen molar-refractivity contribution in [3.05, 3.63) is 0 Å².